The van der Waals surface area contributed by atoms with Crippen LogP contribution >= 0.6 is 0 Å². The second kappa shape index (κ2) is 6.83. The number of carbonyl (C=O) groups excluding carboxylic acids is 1. The number of ether oxygens (including phenoxy) is 1. The van der Waals surface area contributed by atoms with Gasteiger partial charge in [-0.15, -0.1) is 0 Å². The lowest BCUT2D eigenvalue weighted by molar-refractivity contribution is -0.117. The van der Waals surface area contributed by atoms with Gasteiger partial charge < -0.3 is 14.6 Å². The Morgan fingerprint density at radius 1 is 1.48 bits per heavy atom. The fourth-order valence-electron chi connectivity index (χ4n) is 2.98. The summed E-state index contributed by atoms with van der Waals surface area (Å²) in [6.07, 6.45) is 2.06. The molecule has 0 saturated carbocycles. The Morgan fingerprint density at radius 2 is 2.35 bits per heavy atom. The van der Waals surface area contributed by atoms with Crippen LogP contribution in [0.4, 0.5) is 5.69 Å². The molecule has 6 heteroatoms. The van der Waals surface area contributed by atoms with Crippen molar-refractivity contribution in [3.05, 3.63) is 41.8 Å². The van der Waals surface area contributed by atoms with Gasteiger partial charge in [-0.2, -0.15) is 0 Å². The van der Waals surface area contributed by atoms with Crippen molar-refractivity contribution in [3.63, 3.8) is 0 Å². The van der Waals surface area contributed by atoms with E-state index in [0.29, 0.717) is 6.54 Å². The van der Waals surface area contributed by atoms with Crippen LogP contribution in [0.15, 0.2) is 34.9 Å². The van der Waals surface area contributed by atoms with Gasteiger partial charge in [0.2, 0.25) is 5.91 Å². The molecule has 1 fully saturated rings. The predicted molar refractivity (Wildman–Crippen MR) is 86.4 cm³/mol. The lowest BCUT2D eigenvalue weighted by atomic mass is 10.1. The van der Waals surface area contributed by atoms with E-state index in [0.717, 1.165) is 42.3 Å². The lowest BCUT2D eigenvalue weighted by Gasteiger charge is -2.21. The van der Waals surface area contributed by atoms with Crippen LogP contribution in [0.2, 0.25) is 0 Å². The molecule has 1 amide bonds. The molecule has 0 bridgehead atoms. The number of anilines is 1. The van der Waals surface area contributed by atoms with Gasteiger partial charge >= 0.3 is 0 Å². The Labute approximate surface area is 135 Å². The minimum atomic E-state index is -0.0367. The molecule has 23 heavy (non-hydrogen) atoms. The first-order chi connectivity index (χ1) is 11.2. The summed E-state index contributed by atoms with van der Waals surface area (Å²) in [6, 6.07) is 9.46. The van der Waals surface area contributed by atoms with Crippen molar-refractivity contribution in [1.29, 1.82) is 0 Å². The number of hydrogen-bond donors (Lipinski definition) is 1. The number of hydrogen-bond acceptors (Lipinski definition) is 5. The van der Waals surface area contributed by atoms with Crippen molar-refractivity contribution in [2.24, 2.45) is 0 Å². The molecular formula is C17H21N3O3. The number of aryl methyl sites for hydroxylation is 1. The van der Waals surface area contributed by atoms with E-state index in [1.54, 1.807) is 13.2 Å². The number of amides is 1. The number of methoxy groups -OCH3 is 1. The maximum atomic E-state index is 12.3. The second-order valence-electron chi connectivity index (χ2n) is 5.77. The van der Waals surface area contributed by atoms with E-state index in [4.69, 9.17) is 9.26 Å². The largest absolute Gasteiger partial charge is 0.497 e. The van der Waals surface area contributed by atoms with Crippen molar-refractivity contribution in [1.82, 2.24) is 10.1 Å². The van der Waals surface area contributed by atoms with E-state index >= 15 is 0 Å². The standard InChI is InChI=1S/C17H21N3O3/c1-12-9-15(19-23-12)16-7-4-8-20(16)11-17(21)18-13-5-3-6-14(10-13)22-2/h3,5-6,9-10,16H,4,7-8,11H2,1-2H3,(H,18,21)/t16-/m1/s1. The molecule has 0 unspecified atom stereocenters. The zero-order valence-electron chi connectivity index (χ0n) is 13.4. The van der Waals surface area contributed by atoms with Crippen molar-refractivity contribution in [3.8, 4) is 5.75 Å². The number of carbonyl (C=O) groups is 1. The van der Waals surface area contributed by atoms with E-state index in [1.807, 2.05) is 31.2 Å². The first kappa shape index (κ1) is 15.6. The van der Waals surface area contributed by atoms with Crippen molar-refractivity contribution in [2.45, 2.75) is 25.8 Å². The molecule has 1 N–H and O–H groups in total. The monoisotopic (exact) mass is 315 g/mol. The Hall–Kier alpha value is -2.34. The molecule has 122 valence electrons. The summed E-state index contributed by atoms with van der Waals surface area (Å²) in [4.78, 5) is 14.5. The highest BCUT2D eigenvalue weighted by Gasteiger charge is 2.29. The van der Waals surface area contributed by atoms with E-state index in [-0.39, 0.29) is 11.9 Å². The predicted octanol–water partition coefficient (Wildman–Crippen LogP) is 2.77. The number of benzene rings is 1. The highest BCUT2D eigenvalue weighted by molar-refractivity contribution is 5.92. The van der Waals surface area contributed by atoms with Crippen LogP contribution in [0.25, 0.3) is 0 Å². The number of rotatable bonds is 5. The third-order valence-electron chi connectivity index (χ3n) is 4.05. The Kier molecular flexibility index (Phi) is 4.62. The maximum absolute atomic E-state index is 12.3. The molecule has 0 radical (unpaired) electrons. The van der Waals surface area contributed by atoms with Gasteiger partial charge in [0.15, 0.2) is 0 Å². The average Bonchev–Trinajstić information content (AvgIpc) is 3.16. The number of nitrogens with one attached hydrogen (secondary N) is 1. The first-order valence-electron chi connectivity index (χ1n) is 7.77. The second-order valence-corrected chi connectivity index (χ2v) is 5.77. The summed E-state index contributed by atoms with van der Waals surface area (Å²) >= 11 is 0. The topological polar surface area (TPSA) is 67.6 Å². The fourth-order valence-corrected chi connectivity index (χ4v) is 2.98. The van der Waals surface area contributed by atoms with Crippen LogP contribution < -0.4 is 10.1 Å². The Balaban J connectivity index is 1.62. The van der Waals surface area contributed by atoms with Gasteiger partial charge in [0.05, 0.1) is 19.7 Å². The van der Waals surface area contributed by atoms with Gasteiger partial charge in [0, 0.05) is 17.8 Å². The molecule has 6 nitrogen and oxygen atoms in total. The SMILES string of the molecule is COc1cccc(NC(=O)CN2CCC[C@@H]2c2cc(C)on2)c1. The normalized spacial score (nSPS) is 18.1. The summed E-state index contributed by atoms with van der Waals surface area (Å²) in [5.41, 5.74) is 1.65. The molecule has 1 atom stereocenters. The van der Waals surface area contributed by atoms with Gasteiger partial charge in [-0.3, -0.25) is 9.69 Å². The molecule has 1 aliphatic rings. The van der Waals surface area contributed by atoms with Gasteiger partial charge in [-0.05, 0) is 38.4 Å². The third kappa shape index (κ3) is 3.71. The molecule has 1 saturated heterocycles. The molecule has 3 rings (SSSR count). The van der Waals surface area contributed by atoms with Crippen LogP contribution in [-0.4, -0.2) is 36.2 Å². The first-order valence-corrected chi connectivity index (χ1v) is 7.77. The quantitative estimate of drug-likeness (QED) is 0.919. The van der Waals surface area contributed by atoms with Gasteiger partial charge in [0.1, 0.15) is 17.2 Å². The third-order valence-corrected chi connectivity index (χ3v) is 4.05. The van der Waals surface area contributed by atoms with Crippen LogP contribution in [0.3, 0.4) is 0 Å². The molecule has 1 aromatic carbocycles. The zero-order chi connectivity index (χ0) is 16.2. The van der Waals surface area contributed by atoms with Crippen LogP contribution in [0.1, 0.15) is 30.3 Å². The van der Waals surface area contributed by atoms with Crippen molar-refractivity contribution >= 4 is 11.6 Å². The Bertz CT molecular complexity index is 683. The van der Waals surface area contributed by atoms with Crippen molar-refractivity contribution in [2.75, 3.05) is 25.5 Å². The van der Waals surface area contributed by atoms with Crippen LogP contribution in [0, 0.1) is 6.92 Å². The minimum absolute atomic E-state index is 0.0367. The van der Waals surface area contributed by atoms with Crippen molar-refractivity contribution < 1.29 is 14.1 Å². The highest BCUT2D eigenvalue weighted by atomic mass is 16.5. The maximum Gasteiger partial charge on any atom is 0.238 e. The summed E-state index contributed by atoms with van der Waals surface area (Å²) < 4.78 is 10.3. The van der Waals surface area contributed by atoms with Crippen LogP contribution in [0.5, 0.6) is 5.75 Å². The molecule has 0 spiro atoms. The van der Waals surface area contributed by atoms with E-state index in [2.05, 4.69) is 15.4 Å². The molecule has 2 heterocycles. The highest BCUT2D eigenvalue weighted by Crippen LogP contribution is 2.31. The van der Waals surface area contributed by atoms with Gasteiger partial charge in [0.25, 0.3) is 0 Å². The zero-order valence-corrected chi connectivity index (χ0v) is 13.4. The Morgan fingerprint density at radius 3 is 3.09 bits per heavy atom. The summed E-state index contributed by atoms with van der Waals surface area (Å²) in [7, 11) is 1.61. The lowest BCUT2D eigenvalue weighted by Crippen LogP contribution is -2.33. The molecule has 1 aliphatic heterocycles. The molecule has 2 aromatic rings. The number of likely N-dealkylation sites (tertiary alicyclic amines) is 1. The molecular weight excluding hydrogens is 294 g/mol. The summed E-state index contributed by atoms with van der Waals surface area (Å²) in [6.45, 7) is 3.11. The minimum Gasteiger partial charge on any atom is -0.497 e. The van der Waals surface area contributed by atoms with Crippen LogP contribution in [-0.2, 0) is 4.79 Å². The van der Waals surface area contributed by atoms with E-state index in [1.165, 1.54) is 0 Å². The summed E-state index contributed by atoms with van der Waals surface area (Å²) in [5.74, 6) is 1.48. The van der Waals surface area contributed by atoms with Gasteiger partial charge in [-0.1, -0.05) is 11.2 Å². The van der Waals surface area contributed by atoms with E-state index < -0.39 is 0 Å². The molecule has 0 aliphatic carbocycles. The average molecular weight is 315 g/mol. The van der Waals surface area contributed by atoms with Gasteiger partial charge in [-0.25, -0.2) is 0 Å². The summed E-state index contributed by atoms with van der Waals surface area (Å²) in [5, 5.41) is 7.01. The fraction of sp³-hybridized carbons (Fsp3) is 0.412. The van der Waals surface area contributed by atoms with E-state index in [9.17, 15) is 4.79 Å². The molecule has 1 aromatic heterocycles. The smallest absolute Gasteiger partial charge is 0.238 e. The number of aromatic nitrogens is 1. The number of nitrogens with zero attached hydrogens (tertiary/aromatic N) is 2.